The lowest BCUT2D eigenvalue weighted by Gasteiger charge is -2.33. The zero-order valence-electron chi connectivity index (χ0n) is 8.87. The highest BCUT2D eigenvalue weighted by molar-refractivity contribution is 4.82. The van der Waals surface area contributed by atoms with Crippen molar-refractivity contribution in [1.82, 2.24) is 4.90 Å². The monoisotopic (exact) mass is 199 g/mol. The molecule has 2 saturated heterocycles. The van der Waals surface area contributed by atoms with Gasteiger partial charge in [-0.3, -0.25) is 0 Å². The Morgan fingerprint density at radius 2 is 1.79 bits per heavy atom. The van der Waals surface area contributed by atoms with Crippen LogP contribution in [0, 0.1) is 0 Å². The minimum absolute atomic E-state index is 0.430. The third kappa shape index (κ3) is 2.69. The number of rotatable bonds is 3. The van der Waals surface area contributed by atoms with Crippen LogP contribution in [-0.4, -0.2) is 48.5 Å². The van der Waals surface area contributed by atoms with E-state index in [1.54, 1.807) is 0 Å². The maximum atomic E-state index is 10.2. The van der Waals surface area contributed by atoms with Gasteiger partial charge in [0.05, 0.1) is 5.60 Å². The lowest BCUT2D eigenvalue weighted by atomic mass is 9.91. The molecule has 0 unspecified atom stereocenters. The first kappa shape index (κ1) is 10.4. The van der Waals surface area contributed by atoms with Gasteiger partial charge in [-0.25, -0.2) is 0 Å². The van der Waals surface area contributed by atoms with Crippen LogP contribution >= 0.6 is 0 Å². The summed E-state index contributed by atoms with van der Waals surface area (Å²) in [5, 5.41) is 10.2. The highest BCUT2D eigenvalue weighted by atomic mass is 16.5. The van der Waals surface area contributed by atoms with Crippen molar-refractivity contribution in [2.75, 3.05) is 32.8 Å². The van der Waals surface area contributed by atoms with Gasteiger partial charge in [0.1, 0.15) is 0 Å². The van der Waals surface area contributed by atoms with Gasteiger partial charge in [-0.15, -0.1) is 0 Å². The molecule has 0 atom stereocenters. The zero-order chi connectivity index (χ0) is 9.86. The molecule has 2 aliphatic rings. The molecule has 0 spiro atoms. The Hall–Kier alpha value is -0.120. The van der Waals surface area contributed by atoms with Crippen LogP contribution in [0.4, 0.5) is 0 Å². The minimum atomic E-state index is -0.430. The van der Waals surface area contributed by atoms with Gasteiger partial charge in [0.15, 0.2) is 0 Å². The highest BCUT2D eigenvalue weighted by Crippen LogP contribution is 2.25. The van der Waals surface area contributed by atoms with Crippen molar-refractivity contribution in [3.63, 3.8) is 0 Å². The zero-order valence-corrected chi connectivity index (χ0v) is 8.87. The molecule has 2 fully saturated rings. The van der Waals surface area contributed by atoms with E-state index in [2.05, 4.69) is 4.90 Å². The van der Waals surface area contributed by atoms with Crippen LogP contribution in [0.25, 0.3) is 0 Å². The lowest BCUT2D eigenvalue weighted by molar-refractivity contribution is -0.0710. The van der Waals surface area contributed by atoms with E-state index in [9.17, 15) is 5.11 Å². The minimum Gasteiger partial charge on any atom is -0.390 e. The third-order valence-electron chi connectivity index (χ3n) is 3.52. The largest absolute Gasteiger partial charge is 0.390 e. The third-order valence-corrected chi connectivity index (χ3v) is 3.52. The van der Waals surface area contributed by atoms with Crippen LogP contribution in [0.3, 0.4) is 0 Å². The molecule has 0 radical (unpaired) electrons. The summed E-state index contributed by atoms with van der Waals surface area (Å²) in [6, 6.07) is 0. The fraction of sp³-hybridized carbons (Fsp3) is 1.00. The van der Waals surface area contributed by atoms with Gasteiger partial charge in [0, 0.05) is 19.8 Å². The van der Waals surface area contributed by atoms with Gasteiger partial charge in [-0.05, 0) is 45.2 Å². The first-order valence-electron chi connectivity index (χ1n) is 5.81. The fourth-order valence-electron chi connectivity index (χ4n) is 2.37. The number of aliphatic hydroxyl groups is 1. The van der Waals surface area contributed by atoms with Crippen molar-refractivity contribution in [3.8, 4) is 0 Å². The van der Waals surface area contributed by atoms with Crippen molar-refractivity contribution in [2.45, 2.75) is 37.7 Å². The molecule has 0 saturated carbocycles. The molecular weight excluding hydrogens is 178 g/mol. The Balaban J connectivity index is 1.72. The molecule has 3 heteroatoms. The van der Waals surface area contributed by atoms with Gasteiger partial charge < -0.3 is 14.7 Å². The van der Waals surface area contributed by atoms with Gasteiger partial charge in [0.25, 0.3) is 0 Å². The van der Waals surface area contributed by atoms with Gasteiger partial charge in [-0.1, -0.05) is 0 Å². The van der Waals surface area contributed by atoms with Gasteiger partial charge >= 0.3 is 0 Å². The highest BCUT2D eigenvalue weighted by Gasteiger charge is 2.30. The molecule has 0 aromatic heterocycles. The smallest absolute Gasteiger partial charge is 0.0703 e. The quantitative estimate of drug-likeness (QED) is 0.736. The van der Waals surface area contributed by atoms with Gasteiger partial charge in [-0.2, -0.15) is 0 Å². The van der Waals surface area contributed by atoms with Crippen LogP contribution in [0.15, 0.2) is 0 Å². The molecule has 2 aliphatic heterocycles. The Labute approximate surface area is 86.0 Å². The Kier molecular flexibility index (Phi) is 3.42. The molecule has 14 heavy (non-hydrogen) atoms. The Morgan fingerprint density at radius 3 is 2.43 bits per heavy atom. The maximum absolute atomic E-state index is 10.2. The molecule has 0 aromatic carbocycles. The predicted octanol–water partition coefficient (Wildman–Crippen LogP) is 1.01. The summed E-state index contributed by atoms with van der Waals surface area (Å²) in [4.78, 5) is 2.47. The number of likely N-dealkylation sites (tertiary alicyclic amines) is 1. The molecule has 3 nitrogen and oxygen atoms in total. The van der Waals surface area contributed by atoms with Crippen molar-refractivity contribution in [1.29, 1.82) is 0 Å². The molecule has 1 N–H and O–H groups in total. The second-order valence-electron chi connectivity index (χ2n) is 4.64. The summed E-state index contributed by atoms with van der Waals surface area (Å²) in [5.74, 6) is 0. The number of hydrogen-bond donors (Lipinski definition) is 1. The van der Waals surface area contributed by atoms with Crippen LogP contribution < -0.4 is 0 Å². The number of nitrogens with zero attached hydrogens (tertiary/aromatic N) is 1. The summed E-state index contributed by atoms with van der Waals surface area (Å²) in [6.07, 6.45) is 5.24. The van der Waals surface area contributed by atoms with E-state index >= 15 is 0 Å². The van der Waals surface area contributed by atoms with Crippen LogP contribution in [0.1, 0.15) is 32.1 Å². The standard InChI is InChI=1S/C11H21NO2/c13-11(4-9-14-10-5-11)3-8-12-6-1-2-7-12/h13H,1-10H2. The molecular formula is C11H21NO2. The number of ether oxygens (including phenoxy) is 1. The molecule has 0 aromatic rings. The molecule has 0 amide bonds. The van der Waals surface area contributed by atoms with E-state index in [1.165, 1.54) is 25.9 Å². The Bertz CT molecular complexity index is 172. The summed E-state index contributed by atoms with van der Waals surface area (Å²) in [5.41, 5.74) is -0.430. The van der Waals surface area contributed by atoms with E-state index in [4.69, 9.17) is 4.74 Å². The molecule has 0 aliphatic carbocycles. The summed E-state index contributed by atoms with van der Waals surface area (Å²) in [7, 11) is 0. The normalized spacial score (nSPS) is 28.1. The molecule has 2 rings (SSSR count). The summed E-state index contributed by atoms with van der Waals surface area (Å²) >= 11 is 0. The van der Waals surface area contributed by atoms with Crippen LogP contribution in [0.5, 0.6) is 0 Å². The van der Waals surface area contributed by atoms with E-state index in [-0.39, 0.29) is 0 Å². The van der Waals surface area contributed by atoms with Gasteiger partial charge in [0.2, 0.25) is 0 Å². The van der Waals surface area contributed by atoms with Crippen LogP contribution in [-0.2, 0) is 4.74 Å². The SMILES string of the molecule is OC1(CCN2CCCC2)CCOCC1. The van der Waals surface area contributed by atoms with E-state index in [0.717, 1.165) is 39.0 Å². The van der Waals surface area contributed by atoms with Crippen molar-refractivity contribution in [2.24, 2.45) is 0 Å². The van der Waals surface area contributed by atoms with Crippen molar-refractivity contribution < 1.29 is 9.84 Å². The van der Waals surface area contributed by atoms with Crippen LogP contribution in [0.2, 0.25) is 0 Å². The Morgan fingerprint density at radius 1 is 1.14 bits per heavy atom. The molecule has 82 valence electrons. The number of hydrogen-bond acceptors (Lipinski definition) is 3. The summed E-state index contributed by atoms with van der Waals surface area (Å²) < 4.78 is 5.26. The molecule has 2 heterocycles. The lowest BCUT2D eigenvalue weighted by Crippen LogP contribution is -2.39. The average molecular weight is 199 g/mol. The maximum Gasteiger partial charge on any atom is 0.0703 e. The summed E-state index contributed by atoms with van der Waals surface area (Å²) in [6.45, 7) is 4.99. The van der Waals surface area contributed by atoms with Crippen molar-refractivity contribution >= 4 is 0 Å². The topological polar surface area (TPSA) is 32.7 Å². The molecule has 0 bridgehead atoms. The second kappa shape index (κ2) is 4.60. The van der Waals surface area contributed by atoms with E-state index in [0.29, 0.717) is 0 Å². The van der Waals surface area contributed by atoms with Crippen molar-refractivity contribution in [3.05, 3.63) is 0 Å². The predicted molar refractivity (Wildman–Crippen MR) is 55.3 cm³/mol. The van der Waals surface area contributed by atoms with E-state index in [1.807, 2.05) is 0 Å². The fourth-order valence-corrected chi connectivity index (χ4v) is 2.37. The first-order chi connectivity index (χ1) is 6.79. The second-order valence-corrected chi connectivity index (χ2v) is 4.64. The first-order valence-corrected chi connectivity index (χ1v) is 5.81. The van der Waals surface area contributed by atoms with E-state index < -0.39 is 5.60 Å². The average Bonchev–Trinajstić information content (AvgIpc) is 2.69.